The molecule has 0 atom stereocenters. The molecule has 1 rings (SSSR count). The van der Waals surface area contributed by atoms with E-state index in [0.717, 1.165) is 5.56 Å². The van der Waals surface area contributed by atoms with Crippen molar-refractivity contribution >= 4 is 15.9 Å². The van der Waals surface area contributed by atoms with Crippen LogP contribution in [0, 0.1) is 0 Å². The van der Waals surface area contributed by atoms with E-state index in [1.807, 2.05) is 30.3 Å². The molecule has 6 nitrogen and oxygen atoms in total. The molecule has 0 aliphatic heterocycles. The molecule has 0 radical (unpaired) electrons. The number of ether oxygens (including phenoxy) is 1. The van der Waals surface area contributed by atoms with Crippen molar-refractivity contribution < 1.29 is 23.1 Å². The van der Waals surface area contributed by atoms with Crippen molar-refractivity contribution in [2.45, 2.75) is 6.61 Å². The lowest BCUT2D eigenvalue weighted by atomic mass is 10.2. The van der Waals surface area contributed by atoms with Crippen molar-refractivity contribution in [3.05, 3.63) is 35.9 Å². The number of sulfone groups is 1. The molecule has 0 heterocycles. The van der Waals surface area contributed by atoms with Crippen LogP contribution in [-0.2, 0) is 21.2 Å². The molecule has 0 aliphatic carbocycles. The Balaban J connectivity index is 2.22. The number of aliphatic hydroxyl groups is 1. The maximum Gasteiger partial charge on any atom is 0.407 e. The van der Waals surface area contributed by atoms with Gasteiger partial charge in [-0.1, -0.05) is 30.3 Å². The van der Waals surface area contributed by atoms with Gasteiger partial charge in [-0.05, 0) is 5.56 Å². The summed E-state index contributed by atoms with van der Waals surface area (Å²) in [6.07, 6.45) is -0.664. The standard InChI is InChI=1S/C12H17NO5S/c14-7-9-19(16,17)8-6-13-12(15)18-10-11-4-2-1-3-5-11/h1-5,14H,6-10H2,(H,13,15). The van der Waals surface area contributed by atoms with Crippen LogP contribution < -0.4 is 5.32 Å². The third-order valence-electron chi connectivity index (χ3n) is 2.30. The maximum absolute atomic E-state index is 11.3. The van der Waals surface area contributed by atoms with E-state index in [2.05, 4.69) is 5.32 Å². The fraction of sp³-hybridized carbons (Fsp3) is 0.417. The smallest absolute Gasteiger partial charge is 0.407 e. The lowest BCUT2D eigenvalue weighted by molar-refractivity contribution is 0.140. The van der Waals surface area contributed by atoms with Gasteiger partial charge in [0.05, 0.1) is 18.1 Å². The number of alkyl carbamates (subject to hydrolysis) is 1. The molecule has 106 valence electrons. The van der Waals surface area contributed by atoms with Gasteiger partial charge in [-0.15, -0.1) is 0 Å². The summed E-state index contributed by atoms with van der Waals surface area (Å²) in [4.78, 5) is 11.3. The minimum absolute atomic E-state index is 0.0318. The summed E-state index contributed by atoms with van der Waals surface area (Å²) in [7, 11) is -3.31. The van der Waals surface area contributed by atoms with E-state index in [9.17, 15) is 13.2 Å². The Hall–Kier alpha value is -1.60. The number of hydrogen-bond acceptors (Lipinski definition) is 5. The van der Waals surface area contributed by atoms with E-state index < -0.39 is 22.5 Å². The molecule has 0 aromatic heterocycles. The average molecular weight is 287 g/mol. The molecular formula is C12H17NO5S. The first kappa shape index (κ1) is 15.5. The molecular weight excluding hydrogens is 270 g/mol. The monoisotopic (exact) mass is 287 g/mol. The number of rotatable bonds is 7. The van der Waals surface area contributed by atoms with Crippen molar-refractivity contribution in [2.75, 3.05) is 24.7 Å². The van der Waals surface area contributed by atoms with Gasteiger partial charge in [0.25, 0.3) is 0 Å². The zero-order valence-electron chi connectivity index (χ0n) is 10.4. The maximum atomic E-state index is 11.3. The highest BCUT2D eigenvalue weighted by molar-refractivity contribution is 7.91. The second-order valence-corrected chi connectivity index (χ2v) is 6.17. The highest BCUT2D eigenvalue weighted by Crippen LogP contribution is 2.00. The zero-order chi connectivity index (χ0) is 14.1. The Morgan fingerprint density at radius 2 is 1.89 bits per heavy atom. The molecule has 1 aromatic carbocycles. The second-order valence-electron chi connectivity index (χ2n) is 3.86. The van der Waals surface area contributed by atoms with Crippen molar-refractivity contribution in [1.82, 2.24) is 5.32 Å². The number of aliphatic hydroxyl groups excluding tert-OH is 1. The summed E-state index contributed by atoms with van der Waals surface area (Å²) < 4.78 is 27.4. The highest BCUT2D eigenvalue weighted by Gasteiger charge is 2.10. The summed E-state index contributed by atoms with van der Waals surface area (Å²) in [6.45, 7) is -0.313. The van der Waals surface area contributed by atoms with Crippen LogP contribution in [0.2, 0.25) is 0 Å². The summed E-state index contributed by atoms with van der Waals surface area (Å²) in [5, 5.41) is 10.9. The fourth-order valence-electron chi connectivity index (χ4n) is 1.32. The molecule has 1 aromatic rings. The second kappa shape index (κ2) is 7.75. The van der Waals surface area contributed by atoms with Crippen molar-refractivity contribution in [3.63, 3.8) is 0 Å². The van der Waals surface area contributed by atoms with Crippen molar-refractivity contribution in [3.8, 4) is 0 Å². The molecule has 1 amide bonds. The Bertz CT molecular complexity index is 486. The highest BCUT2D eigenvalue weighted by atomic mass is 32.2. The van der Waals surface area contributed by atoms with E-state index in [4.69, 9.17) is 9.84 Å². The van der Waals surface area contributed by atoms with Gasteiger partial charge in [0.15, 0.2) is 9.84 Å². The fourth-order valence-corrected chi connectivity index (χ4v) is 2.22. The van der Waals surface area contributed by atoms with Crippen molar-refractivity contribution in [2.24, 2.45) is 0 Å². The third-order valence-corrected chi connectivity index (χ3v) is 3.93. The van der Waals surface area contributed by atoms with Gasteiger partial charge in [0, 0.05) is 6.54 Å². The minimum atomic E-state index is -3.31. The summed E-state index contributed by atoms with van der Waals surface area (Å²) in [5.41, 5.74) is 0.852. The first-order valence-electron chi connectivity index (χ1n) is 5.79. The van der Waals surface area contributed by atoms with Crippen LogP contribution >= 0.6 is 0 Å². The number of nitrogens with one attached hydrogen (secondary N) is 1. The van der Waals surface area contributed by atoms with Gasteiger partial charge in [0.2, 0.25) is 0 Å². The zero-order valence-corrected chi connectivity index (χ0v) is 11.2. The predicted octanol–water partition coefficient (Wildman–Crippen LogP) is 0.320. The van der Waals surface area contributed by atoms with Crippen LogP contribution in [0.1, 0.15) is 5.56 Å². The lowest BCUT2D eigenvalue weighted by Crippen LogP contribution is -2.30. The van der Waals surface area contributed by atoms with Crippen molar-refractivity contribution in [1.29, 1.82) is 0 Å². The lowest BCUT2D eigenvalue weighted by Gasteiger charge is -2.07. The van der Waals surface area contributed by atoms with E-state index in [0.29, 0.717) is 0 Å². The Kier molecular flexibility index (Phi) is 6.31. The summed E-state index contributed by atoms with van der Waals surface area (Å²) >= 11 is 0. The van der Waals surface area contributed by atoms with E-state index in [1.165, 1.54) is 0 Å². The SMILES string of the molecule is O=C(NCCS(=O)(=O)CCO)OCc1ccccc1. The topological polar surface area (TPSA) is 92.7 Å². The molecule has 7 heteroatoms. The van der Waals surface area contributed by atoms with Crippen LogP contribution in [0.25, 0.3) is 0 Å². The largest absolute Gasteiger partial charge is 0.445 e. The first-order chi connectivity index (χ1) is 9.03. The van der Waals surface area contributed by atoms with Gasteiger partial charge in [0.1, 0.15) is 6.61 Å². The molecule has 0 saturated carbocycles. The van der Waals surface area contributed by atoms with Crippen LogP contribution in [-0.4, -0.2) is 44.3 Å². The average Bonchev–Trinajstić information content (AvgIpc) is 2.37. The van der Waals surface area contributed by atoms with E-state index in [-0.39, 0.29) is 24.7 Å². The molecule has 0 bridgehead atoms. The summed E-state index contributed by atoms with van der Waals surface area (Å²) in [5.74, 6) is -0.512. The molecule has 0 spiro atoms. The van der Waals surface area contributed by atoms with Crippen LogP contribution in [0.3, 0.4) is 0 Å². The minimum Gasteiger partial charge on any atom is -0.445 e. The van der Waals surface area contributed by atoms with Crippen LogP contribution in [0.4, 0.5) is 4.79 Å². The molecule has 0 unspecified atom stereocenters. The number of carbonyl (C=O) groups excluding carboxylic acids is 1. The number of benzene rings is 1. The van der Waals surface area contributed by atoms with Gasteiger partial charge < -0.3 is 15.2 Å². The molecule has 0 fully saturated rings. The first-order valence-corrected chi connectivity index (χ1v) is 7.61. The number of amides is 1. The van der Waals surface area contributed by atoms with Gasteiger partial charge in [-0.3, -0.25) is 0 Å². The summed E-state index contributed by atoms with van der Waals surface area (Å²) in [6, 6.07) is 9.16. The van der Waals surface area contributed by atoms with E-state index >= 15 is 0 Å². The Morgan fingerprint density at radius 1 is 1.21 bits per heavy atom. The van der Waals surface area contributed by atoms with Gasteiger partial charge in [-0.25, -0.2) is 13.2 Å². The number of carbonyl (C=O) groups is 1. The third kappa shape index (κ3) is 6.78. The Morgan fingerprint density at radius 3 is 2.53 bits per heavy atom. The van der Waals surface area contributed by atoms with Gasteiger partial charge in [-0.2, -0.15) is 0 Å². The quantitative estimate of drug-likeness (QED) is 0.753. The normalized spacial score (nSPS) is 11.0. The molecule has 19 heavy (non-hydrogen) atoms. The molecule has 0 aliphatic rings. The van der Waals surface area contributed by atoms with Crippen LogP contribution in [0.15, 0.2) is 30.3 Å². The molecule has 0 saturated heterocycles. The van der Waals surface area contributed by atoms with Crippen LogP contribution in [0.5, 0.6) is 0 Å². The Labute approximate surface area is 112 Å². The van der Waals surface area contributed by atoms with E-state index in [1.54, 1.807) is 0 Å². The molecule has 2 N–H and O–H groups in total. The predicted molar refractivity (Wildman–Crippen MR) is 70.4 cm³/mol. The number of hydrogen-bond donors (Lipinski definition) is 2. The van der Waals surface area contributed by atoms with Gasteiger partial charge >= 0.3 is 6.09 Å².